The van der Waals surface area contributed by atoms with E-state index in [0.717, 1.165) is 5.56 Å². The fraction of sp³-hybridized carbons (Fsp3) is 0.143. The number of benzene rings is 2. The molecule has 0 unspecified atom stereocenters. The summed E-state index contributed by atoms with van der Waals surface area (Å²) in [5, 5.41) is 9.35. The van der Waals surface area contributed by atoms with Crippen LogP contribution in [0.5, 0.6) is 0 Å². The fourth-order valence-corrected chi connectivity index (χ4v) is 4.47. The number of para-hydroxylation sites is 1. The highest BCUT2D eigenvalue weighted by atomic mass is 32.2. The van der Waals surface area contributed by atoms with E-state index in [-0.39, 0.29) is 21.4 Å². The summed E-state index contributed by atoms with van der Waals surface area (Å²) in [7, 11) is -1.11. The third-order valence-corrected chi connectivity index (χ3v) is 6.02. The van der Waals surface area contributed by atoms with Gasteiger partial charge in [0.1, 0.15) is 17.3 Å². The van der Waals surface area contributed by atoms with Crippen LogP contribution in [-0.4, -0.2) is 37.2 Å². The van der Waals surface area contributed by atoms with Crippen molar-refractivity contribution < 1.29 is 17.6 Å². The second-order valence-corrected chi connectivity index (χ2v) is 8.50. The van der Waals surface area contributed by atoms with Crippen LogP contribution in [0.4, 0.5) is 4.39 Å². The van der Waals surface area contributed by atoms with E-state index in [4.69, 9.17) is 0 Å². The summed E-state index contributed by atoms with van der Waals surface area (Å²) in [4.78, 5) is 14.4. The lowest BCUT2D eigenvalue weighted by molar-refractivity contribution is 0.102. The van der Waals surface area contributed by atoms with Crippen LogP contribution in [0.3, 0.4) is 0 Å². The minimum atomic E-state index is -4.30. The Morgan fingerprint density at radius 2 is 1.76 bits per heavy atom. The van der Waals surface area contributed by atoms with Crippen LogP contribution < -0.4 is 0 Å². The highest BCUT2D eigenvalue weighted by Gasteiger charge is 2.32. The molecule has 148 valence electrons. The lowest BCUT2D eigenvalue weighted by Gasteiger charge is -2.12. The van der Waals surface area contributed by atoms with Crippen molar-refractivity contribution in [3.05, 3.63) is 77.4 Å². The van der Waals surface area contributed by atoms with Crippen LogP contribution in [0.2, 0.25) is 0 Å². The van der Waals surface area contributed by atoms with Crippen molar-refractivity contribution >= 4 is 26.7 Å². The number of hydrogen-bond acceptors (Lipinski definition) is 5. The van der Waals surface area contributed by atoms with Gasteiger partial charge in [-0.05, 0) is 31.2 Å². The Morgan fingerprint density at radius 3 is 2.34 bits per heavy atom. The molecular weight excluding hydrogens is 393 g/mol. The van der Waals surface area contributed by atoms with Gasteiger partial charge in [-0.2, -0.15) is 5.26 Å². The van der Waals surface area contributed by atoms with Crippen LogP contribution in [0, 0.1) is 24.1 Å². The Morgan fingerprint density at radius 1 is 1.14 bits per heavy atom. The monoisotopic (exact) mass is 411 g/mol. The quantitative estimate of drug-likeness (QED) is 0.365. The number of aromatic nitrogens is 1. The molecule has 3 aromatic rings. The van der Waals surface area contributed by atoms with Crippen molar-refractivity contribution in [2.75, 3.05) is 14.1 Å². The van der Waals surface area contributed by atoms with Gasteiger partial charge in [0.15, 0.2) is 5.82 Å². The van der Waals surface area contributed by atoms with E-state index >= 15 is 4.39 Å². The number of rotatable bonds is 5. The molecule has 0 atom stereocenters. The molecule has 1 aromatic heterocycles. The van der Waals surface area contributed by atoms with Crippen molar-refractivity contribution in [1.29, 1.82) is 5.26 Å². The second kappa shape index (κ2) is 7.53. The molecule has 0 fully saturated rings. The summed E-state index contributed by atoms with van der Waals surface area (Å²) in [6.45, 7) is 1.81. The summed E-state index contributed by atoms with van der Waals surface area (Å²) in [5.41, 5.74) is -0.195. The maximum atomic E-state index is 15.2. The fourth-order valence-electron chi connectivity index (χ4n) is 2.95. The second-order valence-electron chi connectivity index (χ2n) is 6.71. The molecule has 3 rings (SSSR count). The van der Waals surface area contributed by atoms with E-state index in [0.29, 0.717) is 3.97 Å². The number of Topliss-reactive ketones (excluding diaryl/α,β-unsaturated/α-hetero) is 1. The number of hydrogen-bond donors (Lipinski definition) is 0. The van der Waals surface area contributed by atoms with Gasteiger partial charge in [-0.1, -0.05) is 29.8 Å². The lowest BCUT2D eigenvalue weighted by Crippen LogP contribution is -2.21. The van der Waals surface area contributed by atoms with Gasteiger partial charge in [-0.25, -0.2) is 16.8 Å². The molecule has 0 saturated heterocycles. The third-order valence-electron chi connectivity index (χ3n) is 4.30. The molecule has 0 spiro atoms. The first-order valence-electron chi connectivity index (χ1n) is 8.62. The molecule has 29 heavy (non-hydrogen) atoms. The summed E-state index contributed by atoms with van der Waals surface area (Å²) in [6, 6.07) is 13.7. The SMILES string of the molecule is Cc1ccc(S(=O)(=O)n2c(C(=O)/C(C#N)=C\N(C)C)c(F)c3ccccc32)cc1. The topological polar surface area (TPSA) is 83.2 Å². The molecule has 0 aliphatic carbocycles. The standard InChI is InChI=1S/C21H18FN3O3S/c1-14-8-10-16(11-9-14)29(27,28)25-18-7-5-4-6-17(18)19(22)20(25)21(26)15(12-23)13-24(2)3/h4-11,13H,1-3H3/b15-13-. The predicted octanol–water partition coefficient (Wildman–Crippen LogP) is 3.48. The van der Waals surface area contributed by atoms with E-state index in [1.54, 1.807) is 51.4 Å². The number of fused-ring (bicyclic) bond motifs is 1. The zero-order valence-corrected chi connectivity index (χ0v) is 16.9. The van der Waals surface area contributed by atoms with Crippen LogP contribution in [0.15, 0.2) is 65.2 Å². The molecule has 0 N–H and O–H groups in total. The Hall–Kier alpha value is -3.44. The average Bonchev–Trinajstić information content (AvgIpc) is 2.99. The third kappa shape index (κ3) is 3.52. The smallest absolute Gasteiger partial charge is 0.268 e. The van der Waals surface area contributed by atoms with Gasteiger partial charge in [-0.3, -0.25) is 4.79 Å². The van der Waals surface area contributed by atoms with Gasteiger partial charge in [0, 0.05) is 25.7 Å². The molecule has 0 aliphatic rings. The minimum absolute atomic E-state index is 0.0197. The molecule has 1 heterocycles. The van der Waals surface area contributed by atoms with Crippen molar-refractivity contribution in [2.45, 2.75) is 11.8 Å². The van der Waals surface area contributed by atoms with Crippen molar-refractivity contribution in [3.8, 4) is 6.07 Å². The summed E-state index contributed by atoms with van der Waals surface area (Å²) >= 11 is 0. The highest BCUT2D eigenvalue weighted by Crippen LogP contribution is 2.30. The van der Waals surface area contributed by atoms with E-state index in [9.17, 15) is 18.5 Å². The number of carbonyl (C=O) groups excluding carboxylic acids is 1. The van der Waals surface area contributed by atoms with Gasteiger partial charge in [-0.15, -0.1) is 0 Å². The number of nitrogens with zero attached hydrogens (tertiary/aromatic N) is 3. The zero-order chi connectivity index (χ0) is 21.3. The highest BCUT2D eigenvalue weighted by molar-refractivity contribution is 7.90. The zero-order valence-electron chi connectivity index (χ0n) is 16.0. The number of halogens is 1. The van der Waals surface area contributed by atoms with Crippen LogP contribution in [-0.2, 0) is 10.0 Å². The van der Waals surface area contributed by atoms with E-state index < -0.39 is 27.3 Å². The Balaban J connectivity index is 2.38. The van der Waals surface area contributed by atoms with E-state index in [1.807, 2.05) is 0 Å². The molecule has 8 heteroatoms. The maximum absolute atomic E-state index is 15.2. The van der Waals surface area contributed by atoms with Gasteiger partial charge < -0.3 is 4.90 Å². The van der Waals surface area contributed by atoms with Gasteiger partial charge in [0.05, 0.1) is 10.4 Å². The molecule has 0 radical (unpaired) electrons. The van der Waals surface area contributed by atoms with Gasteiger partial charge >= 0.3 is 0 Å². The summed E-state index contributed by atoms with van der Waals surface area (Å²) in [6.07, 6.45) is 1.22. The largest absolute Gasteiger partial charge is 0.382 e. The number of nitriles is 1. The van der Waals surface area contributed by atoms with E-state index in [2.05, 4.69) is 0 Å². The molecule has 0 saturated carbocycles. The van der Waals surface area contributed by atoms with Crippen molar-refractivity contribution in [1.82, 2.24) is 8.87 Å². The van der Waals surface area contributed by atoms with E-state index in [1.165, 1.54) is 35.4 Å². The summed E-state index contributed by atoms with van der Waals surface area (Å²) < 4.78 is 42.6. The van der Waals surface area contributed by atoms with Crippen LogP contribution >= 0.6 is 0 Å². The maximum Gasteiger partial charge on any atom is 0.268 e. The first-order chi connectivity index (χ1) is 13.7. The van der Waals surface area contributed by atoms with Gasteiger partial charge in [0.2, 0.25) is 5.78 Å². The number of carbonyl (C=O) groups is 1. The molecular formula is C21H18FN3O3S. The molecule has 0 aliphatic heterocycles. The van der Waals surface area contributed by atoms with Crippen molar-refractivity contribution in [3.63, 3.8) is 0 Å². The number of aryl methyl sites for hydroxylation is 1. The first-order valence-corrected chi connectivity index (χ1v) is 10.1. The van der Waals surface area contributed by atoms with Crippen LogP contribution in [0.1, 0.15) is 16.1 Å². The lowest BCUT2D eigenvalue weighted by atomic mass is 10.1. The van der Waals surface area contributed by atoms with Crippen molar-refractivity contribution in [2.24, 2.45) is 0 Å². The molecule has 6 nitrogen and oxygen atoms in total. The number of allylic oxidation sites excluding steroid dienone is 1. The molecule has 0 amide bonds. The Bertz CT molecular complexity index is 1280. The average molecular weight is 411 g/mol. The molecule has 2 aromatic carbocycles. The Kier molecular flexibility index (Phi) is 5.27. The Labute approximate surface area is 168 Å². The normalized spacial score (nSPS) is 12.0. The van der Waals surface area contributed by atoms with Crippen LogP contribution in [0.25, 0.3) is 10.9 Å². The first kappa shape index (κ1) is 20.3. The molecule has 0 bridgehead atoms. The van der Waals surface area contributed by atoms with Gasteiger partial charge in [0.25, 0.3) is 10.0 Å². The number of ketones is 1. The minimum Gasteiger partial charge on any atom is -0.382 e. The predicted molar refractivity (Wildman–Crippen MR) is 107 cm³/mol. The summed E-state index contributed by atoms with van der Waals surface area (Å²) in [5.74, 6) is -1.99.